The standard InChI is InChI=1S/C24H26N4O2/c29-23(27-20-12-14-21(15-13-20)30-24-25-16-7-17-26-24)28-22(18-8-3-1-4-9-18)19-10-5-2-6-11-19/h1-11,16-17,20-22H,12-15H2,(H2,27,28,29). The molecule has 30 heavy (non-hydrogen) atoms. The number of nitrogens with one attached hydrogen (secondary N) is 2. The van der Waals surface area contributed by atoms with Gasteiger partial charge in [-0.1, -0.05) is 60.7 Å². The molecule has 1 aromatic heterocycles. The van der Waals surface area contributed by atoms with Crippen molar-refractivity contribution in [3.63, 3.8) is 0 Å². The average molecular weight is 402 g/mol. The fourth-order valence-electron chi connectivity index (χ4n) is 3.83. The molecular formula is C24H26N4O2. The first-order valence-corrected chi connectivity index (χ1v) is 10.4. The lowest BCUT2D eigenvalue weighted by molar-refractivity contribution is 0.128. The molecule has 0 bridgehead atoms. The quantitative estimate of drug-likeness (QED) is 0.646. The first-order chi connectivity index (χ1) is 14.8. The van der Waals surface area contributed by atoms with Gasteiger partial charge in [-0.05, 0) is 42.9 Å². The topological polar surface area (TPSA) is 76.1 Å². The zero-order valence-corrected chi connectivity index (χ0v) is 16.8. The molecule has 1 saturated carbocycles. The summed E-state index contributed by atoms with van der Waals surface area (Å²) in [4.78, 5) is 21.0. The van der Waals surface area contributed by atoms with Crippen LogP contribution in [0.3, 0.4) is 0 Å². The van der Waals surface area contributed by atoms with Crippen LogP contribution in [0.25, 0.3) is 0 Å². The molecule has 3 aromatic rings. The van der Waals surface area contributed by atoms with Crippen LogP contribution in [0.5, 0.6) is 6.01 Å². The van der Waals surface area contributed by atoms with Crippen molar-refractivity contribution in [1.29, 1.82) is 0 Å². The van der Waals surface area contributed by atoms with Crippen molar-refractivity contribution in [2.75, 3.05) is 0 Å². The van der Waals surface area contributed by atoms with Gasteiger partial charge in [0, 0.05) is 18.4 Å². The van der Waals surface area contributed by atoms with E-state index in [1.165, 1.54) is 0 Å². The summed E-state index contributed by atoms with van der Waals surface area (Å²) in [5.41, 5.74) is 2.11. The Hall–Kier alpha value is -3.41. The van der Waals surface area contributed by atoms with E-state index in [2.05, 4.69) is 20.6 Å². The van der Waals surface area contributed by atoms with Crippen molar-refractivity contribution in [1.82, 2.24) is 20.6 Å². The maximum atomic E-state index is 12.8. The number of benzene rings is 2. The second kappa shape index (κ2) is 9.87. The van der Waals surface area contributed by atoms with E-state index in [-0.39, 0.29) is 24.2 Å². The Morgan fingerprint density at radius 2 is 1.40 bits per heavy atom. The minimum atomic E-state index is -0.192. The minimum Gasteiger partial charge on any atom is -0.460 e. The van der Waals surface area contributed by atoms with Gasteiger partial charge in [0.05, 0.1) is 6.04 Å². The van der Waals surface area contributed by atoms with Gasteiger partial charge < -0.3 is 15.4 Å². The van der Waals surface area contributed by atoms with Crippen LogP contribution in [-0.4, -0.2) is 28.1 Å². The largest absolute Gasteiger partial charge is 0.460 e. The van der Waals surface area contributed by atoms with Gasteiger partial charge in [0.15, 0.2) is 0 Å². The average Bonchev–Trinajstić information content (AvgIpc) is 2.81. The third-order valence-electron chi connectivity index (χ3n) is 5.36. The van der Waals surface area contributed by atoms with Gasteiger partial charge in [-0.2, -0.15) is 0 Å². The Bertz CT molecular complexity index is 874. The molecule has 154 valence electrons. The second-order valence-electron chi connectivity index (χ2n) is 7.50. The van der Waals surface area contributed by atoms with Crippen molar-refractivity contribution in [2.24, 2.45) is 0 Å². The fourth-order valence-corrected chi connectivity index (χ4v) is 3.83. The van der Waals surface area contributed by atoms with Gasteiger partial charge in [-0.3, -0.25) is 0 Å². The van der Waals surface area contributed by atoms with Crippen molar-refractivity contribution >= 4 is 6.03 Å². The van der Waals surface area contributed by atoms with Crippen molar-refractivity contribution in [3.8, 4) is 6.01 Å². The summed E-state index contributed by atoms with van der Waals surface area (Å²) in [5, 5.41) is 6.28. The zero-order chi connectivity index (χ0) is 20.6. The highest BCUT2D eigenvalue weighted by Crippen LogP contribution is 2.24. The van der Waals surface area contributed by atoms with E-state index in [1.54, 1.807) is 18.5 Å². The highest BCUT2D eigenvalue weighted by Gasteiger charge is 2.25. The molecule has 0 atom stereocenters. The molecule has 2 aromatic carbocycles. The van der Waals surface area contributed by atoms with Crippen LogP contribution in [-0.2, 0) is 0 Å². The summed E-state index contributed by atoms with van der Waals surface area (Å²) in [6.07, 6.45) is 6.91. The smallest absolute Gasteiger partial charge is 0.316 e. The first-order valence-electron chi connectivity index (χ1n) is 10.4. The SMILES string of the molecule is O=C(NC1CCC(Oc2ncccn2)CC1)NC(c1ccccc1)c1ccccc1. The number of carbonyl (C=O) groups excluding carboxylic acids is 1. The van der Waals surface area contributed by atoms with E-state index < -0.39 is 0 Å². The van der Waals surface area contributed by atoms with Crippen LogP contribution in [0.2, 0.25) is 0 Å². The molecule has 0 aliphatic heterocycles. The van der Waals surface area contributed by atoms with E-state index >= 15 is 0 Å². The van der Waals surface area contributed by atoms with Gasteiger partial charge >= 0.3 is 12.0 Å². The Labute approximate surface area is 176 Å². The van der Waals surface area contributed by atoms with Crippen LogP contribution in [0.4, 0.5) is 4.79 Å². The van der Waals surface area contributed by atoms with Crippen molar-refractivity contribution in [2.45, 2.75) is 43.9 Å². The Morgan fingerprint density at radius 1 is 0.833 bits per heavy atom. The predicted molar refractivity (Wildman–Crippen MR) is 115 cm³/mol. The fraction of sp³-hybridized carbons (Fsp3) is 0.292. The van der Waals surface area contributed by atoms with Crippen LogP contribution < -0.4 is 15.4 Å². The molecule has 0 radical (unpaired) electrons. The minimum absolute atomic E-state index is 0.0925. The number of amides is 2. The molecule has 1 fully saturated rings. The van der Waals surface area contributed by atoms with Crippen molar-refractivity contribution in [3.05, 3.63) is 90.3 Å². The third kappa shape index (κ3) is 5.35. The summed E-state index contributed by atoms with van der Waals surface area (Å²) in [6.45, 7) is 0. The van der Waals surface area contributed by atoms with Crippen LogP contribution >= 0.6 is 0 Å². The monoisotopic (exact) mass is 402 g/mol. The van der Waals surface area contributed by atoms with E-state index in [0.717, 1.165) is 36.8 Å². The highest BCUT2D eigenvalue weighted by atomic mass is 16.5. The summed E-state index contributed by atoms with van der Waals surface area (Å²) < 4.78 is 5.84. The van der Waals surface area contributed by atoms with Gasteiger partial charge in [0.25, 0.3) is 0 Å². The number of rotatable bonds is 6. The number of hydrogen-bond donors (Lipinski definition) is 2. The Balaban J connectivity index is 1.32. The molecule has 6 nitrogen and oxygen atoms in total. The Morgan fingerprint density at radius 3 is 1.97 bits per heavy atom. The van der Waals surface area contributed by atoms with Gasteiger partial charge in [-0.25, -0.2) is 14.8 Å². The third-order valence-corrected chi connectivity index (χ3v) is 5.36. The summed E-state index contributed by atoms with van der Waals surface area (Å²) in [7, 11) is 0. The van der Waals surface area contributed by atoms with E-state index in [9.17, 15) is 4.79 Å². The second-order valence-corrected chi connectivity index (χ2v) is 7.50. The number of aromatic nitrogens is 2. The van der Waals surface area contributed by atoms with Gasteiger partial charge in [0.2, 0.25) is 0 Å². The molecule has 0 saturated heterocycles. The van der Waals surface area contributed by atoms with E-state index in [1.807, 2.05) is 60.7 Å². The number of urea groups is 1. The first kappa shape index (κ1) is 19.9. The number of nitrogens with zero attached hydrogens (tertiary/aromatic N) is 2. The molecule has 2 amide bonds. The van der Waals surface area contributed by atoms with Crippen LogP contribution in [0.1, 0.15) is 42.9 Å². The van der Waals surface area contributed by atoms with Gasteiger partial charge in [-0.15, -0.1) is 0 Å². The zero-order valence-electron chi connectivity index (χ0n) is 16.8. The normalized spacial score (nSPS) is 18.6. The highest BCUT2D eigenvalue weighted by molar-refractivity contribution is 5.75. The predicted octanol–water partition coefficient (Wildman–Crippen LogP) is 4.26. The van der Waals surface area contributed by atoms with Crippen LogP contribution in [0, 0.1) is 0 Å². The summed E-state index contributed by atoms with van der Waals surface area (Å²) in [6, 6.07) is 22.0. The maximum absolute atomic E-state index is 12.8. The number of carbonyl (C=O) groups is 1. The molecule has 0 unspecified atom stereocenters. The van der Waals surface area contributed by atoms with E-state index in [4.69, 9.17) is 4.74 Å². The lowest BCUT2D eigenvalue weighted by Gasteiger charge is -2.29. The van der Waals surface area contributed by atoms with Crippen LogP contribution in [0.15, 0.2) is 79.1 Å². The summed E-state index contributed by atoms with van der Waals surface area (Å²) in [5.74, 6) is 0. The lowest BCUT2D eigenvalue weighted by atomic mass is 9.93. The summed E-state index contributed by atoms with van der Waals surface area (Å²) >= 11 is 0. The van der Waals surface area contributed by atoms with Crippen molar-refractivity contribution < 1.29 is 9.53 Å². The molecule has 1 heterocycles. The molecule has 1 aliphatic carbocycles. The molecule has 4 rings (SSSR count). The maximum Gasteiger partial charge on any atom is 0.316 e. The Kier molecular flexibility index (Phi) is 6.54. The molecule has 6 heteroatoms. The molecular weight excluding hydrogens is 376 g/mol. The molecule has 0 spiro atoms. The number of hydrogen-bond acceptors (Lipinski definition) is 4. The van der Waals surface area contributed by atoms with Gasteiger partial charge in [0.1, 0.15) is 6.10 Å². The number of ether oxygens (including phenoxy) is 1. The molecule has 2 N–H and O–H groups in total. The van der Waals surface area contributed by atoms with E-state index in [0.29, 0.717) is 6.01 Å². The molecule has 1 aliphatic rings. The lowest BCUT2D eigenvalue weighted by Crippen LogP contribution is -2.46.